The molecule has 0 unspecified atom stereocenters. The molecule has 1 aliphatic rings. The van der Waals surface area contributed by atoms with Crippen LogP contribution in [0.1, 0.15) is 27.7 Å². The summed E-state index contributed by atoms with van der Waals surface area (Å²) in [4.78, 5) is 13.6. The van der Waals surface area contributed by atoms with Crippen molar-refractivity contribution in [1.82, 2.24) is 4.90 Å². The minimum absolute atomic E-state index is 0.314. The van der Waals surface area contributed by atoms with Crippen molar-refractivity contribution in [3.63, 3.8) is 0 Å². The van der Waals surface area contributed by atoms with Crippen LogP contribution in [0.15, 0.2) is 0 Å². The van der Waals surface area contributed by atoms with Crippen molar-refractivity contribution in [2.75, 3.05) is 33.4 Å². The summed E-state index contributed by atoms with van der Waals surface area (Å²) in [6.45, 7) is 9.52. The van der Waals surface area contributed by atoms with Gasteiger partial charge in [-0.3, -0.25) is 0 Å². The number of hydrogen-bond donors (Lipinski definition) is 0. The van der Waals surface area contributed by atoms with Crippen molar-refractivity contribution in [3.05, 3.63) is 0 Å². The molecule has 1 saturated heterocycles. The van der Waals surface area contributed by atoms with E-state index in [2.05, 4.69) is 0 Å². The fraction of sp³-hybridized carbons (Fsp3) is 0.917. The van der Waals surface area contributed by atoms with Crippen LogP contribution in [0.3, 0.4) is 0 Å². The summed E-state index contributed by atoms with van der Waals surface area (Å²) in [6, 6.07) is 0. The third kappa shape index (κ3) is 4.52. The molecule has 5 nitrogen and oxygen atoms in total. The van der Waals surface area contributed by atoms with Crippen molar-refractivity contribution in [2.24, 2.45) is 0 Å². The fourth-order valence-corrected chi connectivity index (χ4v) is 1.60. The number of methoxy groups -OCH3 is 1. The van der Waals surface area contributed by atoms with Crippen molar-refractivity contribution < 1.29 is 19.0 Å². The lowest BCUT2D eigenvalue weighted by molar-refractivity contribution is -0.0568. The molecule has 17 heavy (non-hydrogen) atoms. The van der Waals surface area contributed by atoms with Gasteiger partial charge in [-0.2, -0.15) is 0 Å². The first-order valence-electron chi connectivity index (χ1n) is 5.87. The van der Waals surface area contributed by atoms with E-state index in [1.54, 1.807) is 12.0 Å². The molecule has 0 bridgehead atoms. The number of amides is 1. The number of carbonyl (C=O) groups is 1. The highest BCUT2D eigenvalue weighted by Crippen LogP contribution is 2.18. The van der Waals surface area contributed by atoms with Crippen LogP contribution in [0.2, 0.25) is 0 Å². The zero-order valence-corrected chi connectivity index (χ0v) is 11.4. The van der Waals surface area contributed by atoms with E-state index >= 15 is 0 Å². The van der Waals surface area contributed by atoms with Crippen LogP contribution in [0.25, 0.3) is 0 Å². The maximum absolute atomic E-state index is 12.0. The average molecular weight is 245 g/mol. The first-order chi connectivity index (χ1) is 7.76. The van der Waals surface area contributed by atoms with Crippen LogP contribution in [0.5, 0.6) is 0 Å². The van der Waals surface area contributed by atoms with Crippen molar-refractivity contribution in [3.8, 4) is 0 Å². The lowest BCUT2D eigenvalue weighted by Crippen LogP contribution is -2.47. The number of carbonyl (C=O) groups excluding carboxylic acids is 1. The van der Waals surface area contributed by atoms with Gasteiger partial charge in [0.1, 0.15) is 11.2 Å². The summed E-state index contributed by atoms with van der Waals surface area (Å²) < 4.78 is 16.2. The summed E-state index contributed by atoms with van der Waals surface area (Å²) in [5.74, 6) is 0. The van der Waals surface area contributed by atoms with E-state index in [0.717, 1.165) is 0 Å². The lowest BCUT2D eigenvalue weighted by atomic mass is 10.1. The normalized spacial score (nSPS) is 26.5. The quantitative estimate of drug-likeness (QED) is 0.705. The average Bonchev–Trinajstić information content (AvgIpc) is 2.39. The van der Waals surface area contributed by atoms with Crippen LogP contribution in [0.4, 0.5) is 4.79 Å². The zero-order valence-electron chi connectivity index (χ0n) is 11.4. The SMILES string of the molecule is CO[C@]1(C)COCCN(C(=O)OC(C)(C)C)C1. The van der Waals surface area contributed by atoms with Crippen LogP contribution in [0, 0.1) is 0 Å². The standard InChI is InChI=1S/C12H23NO4/c1-11(2,3)17-10(14)13-6-7-16-9-12(4,8-13)15-5/h6-9H2,1-5H3/t12-/m0/s1. The highest BCUT2D eigenvalue weighted by atomic mass is 16.6. The predicted molar refractivity (Wildman–Crippen MR) is 64.0 cm³/mol. The molecule has 100 valence electrons. The van der Waals surface area contributed by atoms with E-state index in [4.69, 9.17) is 14.2 Å². The highest BCUT2D eigenvalue weighted by molar-refractivity contribution is 5.68. The van der Waals surface area contributed by atoms with Gasteiger partial charge in [0.25, 0.3) is 0 Å². The number of rotatable bonds is 1. The molecule has 5 heteroatoms. The highest BCUT2D eigenvalue weighted by Gasteiger charge is 2.33. The summed E-state index contributed by atoms with van der Waals surface area (Å²) in [5.41, 5.74) is -0.943. The summed E-state index contributed by atoms with van der Waals surface area (Å²) >= 11 is 0. The van der Waals surface area contributed by atoms with Gasteiger partial charge in [-0.05, 0) is 27.7 Å². The second-order valence-corrected chi connectivity index (χ2v) is 5.61. The molecule has 0 saturated carbocycles. The number of hydrogen-bond acceptors (Lipinski definition) is 4. The molecule has 1 aliphatic heterocycles. The third-order valence-electron chi connectivity index (χ3n) is 2.58. The maximum atomic E-state index is 12.0. The fourth-order valence-electron chi connectivity index (χ4n) is 1.60. The van der Waals surface area contributed by atoms with Gasteiger partial charge in [0.05, 0.1) is 19.8 Å². The van der Waals surface area contributed by atoms with Crippen LogP contribution in [-0.2, 0) is 14.2 Å². The molecule has 1 atom stereocenters. The van der Waals surface area contributed by atoms with Gasteiger partial charge in [-0.25, -0.2) is 4.79 Å². The van der Waals surface area contributed by atoms with Gasteiger partial charge in [0.2, 0.25) is 0 Å². The summed E-state index contributed by atoms with van der Waals surface area (Å²) in [6.07, 6.45) is -0.314. The molecule has 0 spiro atoms. The molecule has 1 heterocycles. The summed E-state index contributed by atoms with van der Waals surface area (Å²) in [7, 11) is 1.63. The molecule has 1 rings (SSSR count). The van der Waals surface area contributed by atoms with Gasteiger partial charge >= 0.3 is 6.09 Å². The number of ether oxygens (including phenoxy) is 3. The van der Waals surface area contributed by atoms with E-state index in [-0.39, 0.29) is 6.09 Å². The van der Waals surface area contributed by atoms with Crippen molar-refractivity contribution in [1.29, 1.82) is 0 Å². The molecular formula is C12H23NO4. The van der Waals surface area contributed by atoms with Gasteiger partial charge in [0, 0.05) is 13.7 Å². The zero-order chi connectivity index (χ0) is 13.1. The second kappa shape index (κ2) is 5.23. The largest absolute Gasteiger partial charge is 0.444 e. The van der Waals surface area contributed by atoms with E-state index < -0.39 is 11.2 Å². The molecule has 0 aromatic heterocycles. The monoisotopic (exact) mass is 245 g/mol. The van der Waals surface area contributed by atoms with Gasteiger partial charge in [-0.15, -0.1) is 0 Å². The molecule has 0 aromatic rings. The Morgan fingerprint density at radius 2 is 2.06 bits per heavy atom. The Kier molecular flexibility index (Phi) is 4.38. The van der Waals surface area contributed by atoms with E-state index in [1.807, 2.05) is 27.7 Å². The molecule has 1 amide bonds. The lowest BCUT2D eigenvalue weighted by Gasteiger charge is -2.32. The number of nitrogens with zero attached hydrogens (tertiary/aromatic N) is 1. The minimum Gasteiger partial charge on any atom is -0.444 e. The molecule has 1 fully saturated rings. The molecular weight excluding hydrogens is 222 g/mol. The molecule has 0 aromatic carbocycles. The van der Waals surface area contributed by atoms with Crippen molar-refractivity contribution in [2.45, 2.75) is 38.9 Å². The smallest absolute Gasteiger partial charge is 0.410 e. The second-order valence-electron chi connectivity index (χ2n) is 5.61. The minimum atomic E-state index is -0.478. The first kappa shape index (κ1) is 14.3. The molecule has 0 N–H and O–H groups in total. The van der Waals surface area contributed by atoms with Crippen LogP contribution < -0.4 is 0 Å². The van der Waals surface area contributed by atoms with Crippen LogP contribution >= 0.6 is 0 Å². The van der Waals surface area contributed by atoms with Crippen LogP contribution in [-0.4, -0.2) is 55.6 Å². The predicted octanol–water partition coefficient (Wildman–Crippen LogP) is 1.66. The Balaban J connectivity index is 2.66. The topological polar surface area (TPSA) is 48.0 Å². The van der Waals surface area contributed by atoms with Crippen molar-refractivity contribution >= 4 is 6.09 Å². The van der Waals surface area contributed by atoms with E-state index in [9.17, 15) is 4.79 Å². The first-order valence-corrected chi connectivity index (χ1v) is 5.87. The van der Waals surface area contributed by atoms with Gasteiger partial charge in [0.15, 0.2) is 0 Å². The Morgan fingerprint density at radius 1 is 1.41 bits per heavy atom. The summed E-state index contributed by atoms with van der Waals surface area (Å²) in [5, 5.41) is 0. The third-order valence-corrected chi connectivity index (χ3v) is 2.58. The van der Waals surface area contributed by atoms with E-state index in [0.29, 0.717) is 26.3 Å². The Hall–Kier alpha value is -0.810. The van der Waals surface area contributed by atoms with Gasteiger partial charge < -0.3 is 19.1 Å². The maximum Gasteiger partial charge on any atom is 0.410 e. The Labute approximate surface area is 103 Å². The molecule has 0 radical (unpaired) electrons. The van der Waals surface area contributed by atoms with E-state index in [1.165, 1.54) is 0 Å². The molecule has 0 aliphatic carbocycles. The Bertz CT molecular complexity index is 274. The Morgan fingerprint density at radius 3 is 2.59 bits per heavy atom. The van der Waals surface area contributed by atoms with Gasteiger partial charge in [-0.1, -0.05) is 0 Å².